The van der Waals surface area contributed by atoms with Crippen LogP contribution in [-0.4, -0.2) is 18.6 Å². The van der Waals surface area contributed by atoms with E-state index in [2.05, 4.69) is 5.32 Å². The first-order valence-corrected chi connectivity index (χ1v) is 4.94. The van der Waals surface area contributed by atoms with Gasteiger partial charge in [0.2, 0.25) is 0 Å². The second kappa shape index (κ2) is 4.06. The highest BCUT2D eigenvalue weighted by Gasteiger charge is 2.26. The van der Waals surface area contributed by atoms with E-state index in [0.29, 0.717) is 18.0 Å². The molecule has 1 saturated heterocycles. The van der Waals surface area contributed by atoms with Gasteiger partial charge in [-0.3, -0.25) is 4.79 Å². The van der Waals surface area contributed by atoms with E-state index >= 15 is 0 Å². The van der Waals surface area contributed by atoms with Crippen LogP contribution in [0.25, 0.3) is 0 Å². The van der Waals surface area contributed by atoms with Crippen molar-refractivity contribution < 1.29 is 13.9 Å². The molecule has 1 atom stereocenters. The number of amides is 1. The lowest BCUT2D eigenvalue weighted by atomic mass is 10.3. The maximum Gasteiger partial charge on any atom is 0.261 e. The van der Waals surface area contributed by atoms with Crippen molar-refractivity contribution in [3.8, 4) is 5.75 Å². The third-order valence-electron chi connectivity index (χ3n) is 2.16. The van der Waals surface area contributed by atoms with Crippen molar-refractivity contribution in [2.45, 2.75) is 12.5 Å². The van der Waals surface area contributed by atoms with Gasteiger partial charge in [0.15, 0.2) is 6.10 Å². The summed E-state index contributed by atoms with van der Waals surface area (Å²) in [6.45, 7) is 0.580. The molecule has 1 aliphatic rings. The lowest BCUT2D eigenvalue weighted by Gasteiger charge is -2.12. The van der Waals surface area contributed by atoms with E-state index in [9.17, 15) is 9.18 Å². The number of carbonyl (C=O) groups is 1. The average Bonchev–Trinajstić information content (AvgIpc) is 2.58. The molecule has 0 radical (unpaired) electrons. The summed E-state index contributed by atoms with van der Waals surface area (Å²) >= 11 is 5.80. The number of nitrogens with one attached hydrogen (secondary N) is 1. The second-order valence-corrected chi connectivity index (χ2v) is 3.67. The number of halogens is 2. The Hall–Kier alpha value is -1.29. The van der Waals surface area contributed by atoms with E-state index in [1.165, 1.54) is 18.2 Å². The minimum atomic E-state index is -0.565. The van der Waals surface area contributed by atoms with Crippen LogP contribution in [0.3, 0.4) is 0 Å². The standard InChI is InChI=1S/C10H9ClFNO2/c11-7-2-1-6(12)5-9(7)15-8-3-4-13-10(8)14/h1-2,5,8H,3-4H2,(H,13,14). The molecule has 1 N–H and O–H groups in total. The van der Waals surface area contributed by atoms with Gasteiger partial charge in [-0.1, -0.05) is 11.6 Å². The molecule has 0 aliphatic carbocycles. The summed E-state index contributed by atoms with van der Waals surface area (Å²) in [5, 5.41) is 2.93. The fraction of sp³-hybridized carbons (Fsp3) is 0.300. The Morgan fingerprint density at radius 1 is 1.53 bits per heavy atom. The van der Waals surface area contributed by atoms with E-state index in [1.807, 2.05) is 0 Å². The van der Waals surface area contributed by atoms with Crippen LogP contribution in [0, 0.1) is 5.82 Å². The fourth-order valence-corrected chi connectivity index (χ4v) is 1.57. The topological polar surface area (TPSA) is 38.3 Å². The summed E-state index contributed by atoms with van der Waals surface area (Å²) in [5.41, 5.74) is 0. The van der Waals surface area contributed by atoms with Crippen molar-refractivity contribution in [1.82, 2.24) is 5.32 Å². The predicted octanol–water partition coefficient (Wildman–Crippen LogP) is 1.75. The number of benzene rings is 1. The monoisotopic (exact) mass is 229 g/mol. The SMILES string of the molecule is O=C1NCCC1Oc1cc(F)ccc1Cl. The van der Waals surface area contributed by atoms with Gasteiger partial charge < -0.3 is 10.1 Å². The smallest absolute Gasteiger partial charge is 0.261 e. The molecule has 0 bridgehead atoms. The fourth-order valence-electron chi connectivity index (χ4n) is 1.40. The lowest BCUT2D eigenvalue weighted by molar-refractivity contribution is -0.124. The number of rotatable bonds is 2. The van der Waals surface area contributed by atoms with E-state index in [4.69, 9.17) is 16.3 Å². The van der Waals surface area contributed by atoms with Crippen LogP contribution in [0.15, 0.2) is 18.2 Å². The van der Waals surface area contributed by atoms with E-state index in [0.717, 1.165) is 0 Å². The third-order valence-corrected chi connectivity index (χ3v) is 2.47. The van der Waals surface area contributed by atoms with Crippen molar-refractivity contribution in [2.75, 3.05) is 6.54 Å². The van der Waals surface area contributed by atoms with Crippen molar-refractivity contribution in [1.29, 1.82) is 0 Å². The molecule has 5 heteroatoms. The molecule has 15 heavy (non-hydrogen) atoms. The summed E-state index contributed by atoms with van der Waals surface area (Å²) in [7, 11) is 0. The van der Waals surface area contributed by atoms with Crippen molar-refractivity contribution in [2.24, 2.45) is 0 Å². The van der Waals surface area contributed by atoms with Gasteiger partial charge in [0, 0.05) is 19.0 Å². The van der Waals surface area contributed by atoms with Gasteiger partial charge in [-0.25, -0.2) is 4.39 Å². The number of ether oxygens (including phenoxy) is 1. The Kier molecular flexibility index (Phi) is 2.77. The zero-order valence-electron chi connectivity index (χ0n) is 7.80. The lowest BCUT2D eigenvalue weighted by Crippen LogP contribution is -2.27. The van der Waals surface area contributed by atoms with Gasteiger partial charge in [-0.15, -0.1) is 0 Å². The van der Waals surface area contributed by atoms with Gasteiger partial charge in [-0.2, -0.15) is 0 Å². The van der Waals surface area contributed by atoms with Crippen LogP contribution in [0.5, 0.6) is 5.75 Å². The van der Waals surface area contributed by atoms with Crippen LogP contribution >= 0.6 is 11.6 Å². The molecule has 1 fully saturated rings. The maximum atomic E-state index is 12.9. The Labute approximate surface area is 91.2 Å². The highest BCUT2D eigenvalue weighted by atomic mass is 35.5. The first kappa shape index (κ1) is 10.2. The summed E-state index contributed by atoms with van der Waals surface area (Å²) in [6.07, 6.45) is 0.00961. The number of carbonyl (C=O) groups excluding carboxylic acids is 1. The quantitative estimate of drug-likeness (QED) is 0.839. The first-order valence-electron chi connectivity index (χ1n) is 4.56. The van der Waals surface area contributed by atoms with Gasteiger partial charge in [0.25, 0.3) is 5.91 Å². The second-order valence-electron chi connectivity index (χ2n) is 3.26. The summed E-state index contributed by atoms with van der Waals surface area (Å²) in [6, 6.07) is 3.82. The third kappa shape index (κ3) is 2.21. The van der Waals surface area contributed by atoms with Gasteiger partial charge in [-0.05, 0) is 12.1 Å². The highest BCUT2D eigenvalue weighted by Crippen LogP contribution is 2.26. The normalized spacial score (nSPS) is 20.1. The van der Waals surface area contributed by atoms with Gasteiger partial charge >= 0.3 is 0 Å². The van der Waals surface area contributed by atoms with Crippen molar-refractivity contribution in [3.63, 3.8) is 0 Å². The molecule has 1 aromatic carbocycles. The maximum absolute atomic E-state index is 12.9. The zero-order valence-corrected chi connectivity index (χ0v) is 8.55. The zero-order chi connectivity index (χ0) is 10.8. The predicted molar refractivity (Wildman–Crippen MR) is 53.5 cm³/mol. The highest BCUT2D eigenvalue weighted by molar-refractivity contribution is 6.32. The Morgan fingerprint density at radius 3 is 3.00 bits per heavy atom. The average molecular weight is 230 g/mol. The Morgan fingerprint density at radius 2 is 2.33 bits per heavy atom. The van der Waals surface area contributed by atoms with Crippen LogP contribution < -0.4 is 10.1 Å². The molecular weight excluding hydrogens is 221 g/mol. The van der Waals surface area contributed by atoms with Crippen LogP contribution in [0.2, 0.25) is 5.02 Å². The van der Waals surface area contributed by atoms with Crippen molar-refractivity contribution >= 4 is 17.5 Å². The Bertz CT molecular complexity index is 397. The van der Waals surface area contributed by atoms with Crippen molar-refractivity contribution in [3.05, 3.63) is 29.0 Å². The molecular formula is C10H9ClFNO2. The van der Waals surface area contributed by atoms with Gasteiger partial charge in [0.1, 0.15) is 11.6 Å². The largest absolute Gasteiger partial charge is 0.479 e. The van der Waals surface area contributed by atoms with Gasteiger partial charge in [0.05, 0.1) is 5.02 Å². The first-order chi connectivity index (χ1) is 7.16. The molecule has 0 saturated carbocycles. The molecule has 80 valence electrons. The molecule has 1 aliphatic heterocycles. The van der Waals surface area contributed by atoms with Crippen LogP contribution in [0.1, 0.15) is 6.42 Å². The van der Waals surface area contributed by atoms with Crippen LogP contribution in [-0.2, 0) is 4.79 Å². The summed E-state index contributed by atoms with van der Waals surface area (Å²) in [4.78, 5) is 11.2. The van der Waals surface area contributed by atoms with E-state index < -0.39 is 11.9 Å². The van der Waals surface area contributed by atoms with E-state index in [1.54, 1.807) is 0 Å². The summed E-state index contributed by atoms with van der Waals surface area (Å²) < 4.78 is 18.2. The minimum Gasteiger partial charge on any atom is -0.479 e. The molecule has 1 amide bonds. The number of hydrogen-bond acceptors (Lipinski definition) is 2. The molecule has 0 spiro atoms. The molecule has 1 heterocycles. The molecule has 0 aromatic heterocycles. The summed E-state index contributed by atoms with van der Waals surface area (Å²) in [5.74, 6) is -0.415. The van der Waals surface area contributed by atoms with Crippen LogP contribution in [0.4, 0.5) is 4.39 Å². The van der Waals surface area contributed by atoms with E-state index in [-0.39, 0.29) is 11.7 Å². The molecule has 3 nitrogen and oxygen atoms in total. The Balaban J connectivity index is 2.16. The molecule has 1 unspecified atom stereocenters. The number of hydrogen-bond donors (Lipinski definition) is 1. The molecule has 1 aromatic rings. The minimum absolute atomic E-state index is 0.185. The molecule has 2 rings (SSSR count).